The van der Waals surface area contributed by atoms with Gasteiger partial charge < -0.3 is 5.73 Å². The van der Waals surface area contributed by atoms with Gasteiger partial charge in [-0.3, -0.25) is 9.36 Å². The second kappa shape index (κ2) is 5.62. The van der Waals surface area contributed by atoms with E-state index in [1.54, 1.807) is 22.2 Å². The summed E-state index contributed by atoms with van der Waals surface area (Å²) in [5.41, 5.74) is 8.45. The Labute approximate surface area is 137 Å². The van der Waals surface area contributed by atoms with Crippen LogP contribution >= 0.6 is 23.6 Å². The van der Waals surface area contributed by atoms with Crippen molar-refractivity contribution in [3.63, 3.8) is 0 Å². The zero-order valence-corrected chi connectivity index (χ0v) is 13.9. The van der Waals surface area contributed by atoms with Gasteiger partial charge in [-0.2, -0.15) is 0 Å². The van der Waals surface area contributed by atoms with Crippen molar-refractivity contribution in [2.75, 3.05) is 0 Å². The molecule has 0 aliphatic heterocycles. The molecule has 0 saturated carbocycles. The van der Waals surface area contributed by atoms with E-state index < -0.39 is 0 Å². The van der Waals surface area contributed by atoms with E-state index in [0.717, 1.165) is 31.8 Å². The number of aryl methyl sites for hydroxylation is 2. The van der Waals surface area contributed by atoms with Crippen molar-refractivity contribution in [1.82, 2.24) is 9.55 Å². The fourth-order valence-electron chi connectivity index (χ4n) is 2.35. The molecule has 112 valence electrons. The highest BCUT2D eigenvalue weighted by Gasteiger charge is 2.12. The molecule has 3 rings (SSSR count). The van der Waals surface area contributed by atoms with Gasteiger partial charge in [0, 0.05) is 10.4 Å². The summed E-state index contributed by atoms with van der Waals surface area (Å²) in [6, 6.07) is 7.59. The van der Waals surface area contributed by atoms with Crippen molar-refractivity contribution >= 4 is 38.8 Å². The Morgan fingerprint density at radius 2 is 2.00 bits per heavy atom. The number of benzene rings is 1. The van der Waals surface area contributed by atoms with Gasteiger partial charge in [-0.15, -0.1) is 11.3 Å². The predicted octanol–water partition coefficient (Wildman–Crippen LogP) is 2.76. The number of rotatable bonds is 3. The summed E-state index contributed by atoms with van der Waals surface area (Å²) in [5.74, 6) is 0. The summed E-state index contributed by atoms with van der Waals surface area (Å²) in [5, 5.41) is 0.727. The molecule has 0 fully saturated rings. The third-order valence-corrected chi connectivity index (χ3v) is 5.10. The van der Waals surface area contributed by atoms with Crippen molar-refractivity contribution < 1.29 is 0 Å². The number of nitrogens with zero attached hydrogens (tertiary/aromatic N) is 2. The molecular weight excluding hydrogens is 314 g/mol. The first kappa shape index (κ1) is 14.9. The second-order valence-corrected chi connectivity index (χ2v) is 6.85. The van der Waals surface area contributed by atoms with Gasteiger partial charge in [0.05, 0.1) is 18.3 Å². The first-order valence-corrected chi connectivity index (χ1v) is 8.03. The van der Waals surface area contributed by atoms with E-state index in [4.69, 9.17) is 18.0 Å². The number of thiocarbonyl (C=S) groups is 1. The molecule has 2 heterocycles. The van der Waals surface area contributed by atoms with Crippen LogP contribution in [-0.4, -0.2) is 14.5 Å². The Morgan fingerprint density at radius 1 is 1.32 bits per heavy atom. The summed E-state index contributed by atoms with van der Waals surface area (Å²) in [7, 11) is 0. The smallest absolute Gasteiger partial charge is 0.262 e. The Hall–Kier alpha value is -2.05. The molecule has 0 aliphatic rings. The Balaban J connectivity index is 2.00. The van der Waals surface area contributed by atoms with Gasteiger partial charge in [0.2, 0.25) is 0 Å². The van der Waals surface area contributed by atoms with Gasteiger partial charge in [-0.1, -0.05) is 36.5 Å². The molecule has 0 unspecified atom stereocenters. The molecule has 0 atom stereocenters. The first-order valence-electron chi connectivity index (χ1n) is 6.81. The van der Waals surface area contributed by atoms with E-state index >= 15 is 0 Å². The van der Waals surface area contributed by atoms with Crippen molar-refractivity contribution in [3.05, 3.63) is 62.5 Å². The molecule has 1 aromatic carbocycles. The van der Waals surface area contributed by atoms with E-state index in [-0.39, 0.29) is 5.56 Å². The number of thiophene rings is 1. The van der Waals surface area contributed by atoms with Crippen LogP contribution in [0.2, 0.25) is 0 Å². The van der Waals surface area contributed by atoms with Crippen LogP contribution < -0.4 is 11.3 Å². The van der Waals surface area contributed by atoms with E-state index in [1.165, 1.54) is 0 Å². The third-order valence-electron chi connectivity index (χ3n) is 3.75. The largest absolute Gasteiger partial charge is 0.389 e. The Morgan fingerprint density at radius 3 is 2.64 bits per heavy atom. The van der Waals surface area contributed by atoms with Crippen LogP contribution in [0.3, 0.4) is 0 Å². The molecule has 4 nitrogen and oxygen atoms in total. The highest BCUT2D eigenvalue weighted by atomic mass is 32.1. The van der Waals surface area contributed by atoms with Crippen LogP contribution in [0.4, 0.5) is 0 Å². The molecule has 0 spiro atoms. The molecule has 0 bridgehead atoms. The van der Waals surface area contributed by atoms with Crippen LogP contribution in [0.15, 0.2) is 35.4 Å². The summed E-state index contributed by atoms with van der Waals surface area (Å²) in [6.07, 6.45) is 1.61. The van der Waals surface area contributed by atoms with E-state index in [0.29, 0.717) is 11.5 Å². The Bertz CT molecular complexity index is 923. The highest BCUT2D eigenvalue weighted by molar-refractivity contribution is 7.80. The lowest BCUT2D eigenvalue weighted by Crippen LogP contribution is -2.21. The molecule has 0 aliphatic carbocycles. The molecular formula is C16H15N3OS2. The first-order chi connectivity index (χ1) is 10.5. The molecule has 0 radical (unpaired) electrons. The lowest BCUT2D eigenvalue weighted by atomic mass is 10.1. The molecule has 6 heteroatoms. The van der Waals surface area contributed by atoms with Crippen LogP contribution in [0.1, 0.15) is 21.6 Å². The number of fused-ring (bicyclic) bond motifs is 1. The van der Waals surface area contributed by atoms with Crippen molar-refractivity contribution in [1.29, 1.82) is 0 Å². The van der Waals surface area contributed by atoms with Gasteiger partial charge in [0.25, 0.3) is 5.56 Å². The fraction of sp³-hybridized carbons (Fsp3) is 0.188. The number of nitrogens with two attached hydrogens (primary N) is 1. The van der Waals surface area contributed by atoms with Gasteiger partial charge in [0.15, 0.2) is 0 Å². The normalized spacial score (nSPS) is 11.0. The molecule has 2 aromatic heterocycles. The van der Waals surface area contributed by atoms with Crippen LogP contribution in [-0.2, 0) is 6.54 Å². The van der Waals surface area contributed by atoms with Gasteiger partial charge in [0.1, 0.15) is 9.82 Å². The lowest BCUT2D eigenvalue weighted by Gasteiger charge is -2.06. The highest BCUT2D eigenvalue weighted by Crippen LogP contribution is 2.25. The van der Waals surface area contributed by atoms with Gasteiger partial charge in [-0.25, -0.2) is 4.98 Å². The van der Waals surface area contributed by atoms with E-state index in [1.807, 2.05) is 38.1 Å². The van der Waals surface area contributed by atoms with Crippen LogP contribution in [0, 0.1) is 13.8 Å². The summed E-state index contributed by atoms with van der Waals surface area (Å²) in [6.45, 7) is 4.46. The maximum Gasteiger partial charge on any atom is 0.262 e. The molecule has 0 amide bonds. The van der Waals surface area contributed by atoms with E-state index in [9.17, 15) is 4.79 Å². The summed E-state index contributed by atoms with van der Waals surface area (Å²) >= 11 is 6.50. The average molecular weight is 329 g/mol. The third kappa shape index (κ3) is 2.55. The maximum absolute atomic E-state index is 12.6. The maximum atomic E-state index is 12.6. The monoisotopic (exact) mass is 329 g/mol. The minimum absolute atomic E-state index is 0.00488. The fourth-order valence-corrected chi connectivity index (χ4v) is 3.48. The minimum atomic E-state index is 0.00488. The lowest BCUT2D eigenvalue weighted by molar-refractivity contribution is 0.749. The molecule has 2 N–H and O–H groups in total. The number of hydrogen-bond donors (Lipinski definition) is 1. The van der Waals surface area contributed by atoms with Gasteiger partial charge >= 0.3 is 0 Å². The van der Waals surface area contributed by atoms with Crippen molar-refractivity contribution in [3.8, 4) is 0 Å². The predicted molar refractivity (Wildman–Crippen MR) is 94.8 cm³/mol. The van der Waals surface area contributed by atoms with Crippen molar-refractivity contribution in [2.45, 2.75) is 20.4 Å². The summed E-state index contributed by atoms with van der Waals surface area (Å²) < 4.78 is 1.64. The quantitative estimate of drug-likeness (QED) is 0.751. The van der Waals surface area contributed by atoms with Crippen molar-refractivity contribution in [2.24, 2.45) is 5.73 Å². The number of aromatic nitrogens is 2. The molecule has 22 heavy (non-hydrogen) atoms. The topological polar surface area (TPSA) is 60.9 Å². The SMILES string of the molecule is Cc1sc2ncn(Cc3ccc(C(N)=S)cc3)c(=O)c2c1C. The van der Waals surface area contributed by atoms with Crippen LogP contribution in [0.25, 0.3) is 10.2 Å². The van der Waals surface area contributed by atoms with Crippen LogP contribution in [0.5, 0.6) is 0 Å². The zero-order chi connectivity index (χ0) is 15.9. The zero-order valence-electron chi connectivity index (χ0n) is 12.3. The standard InChI is InChI=1S/C16H15N3OS2/c1-9-10(2)22-15-13(9)16(20)19(8-18-15)7-11-3-5-12(6-4-11)14(17)21/h3-6,8H,7H2,1-2H3,(H2,17,21). The number of hydrogen-bond acceptors (Lipinski definition) is 4. The minimum Gasteiger partial charge on any atom is -0.389 e. The van der Waals surface area contributed by atoms with Gasteiger partial charge in [-0.05, 0) is 25.0 Å². The molecule has 3 aromatic rings. The molecule has 0 saturated heterocycles. The Kier molecular flexibility index (Phi) is 3.80. The van der Waals surface area contributed by atoms with E-state index in [2.05, 4.69) is 4.98 Å². The summed E-state index contributed by atoms with van der Waals surface area (Å²) in [4.78, 5) is 19.4. The average Bonchev–Trinajstić information content (AvgIpc) is 2.78. The second-order valence-electron chi connectivity index (χ2n) is 5.20.